The number of carbonyl (C=O) groups excluding carboxylic acids is 1. The SMILES string of the molecule is CCCCNC(=O)/C(C#N)=C\c1ccc(C(=O)O)cc1. The number of carboxylic acid groups (broad SMARTS) is 1. The molecule has 0 fully saturated rings. The van der Waals surface area contributed by atoms with Crippen molar-refractivity contribution in [3.63, 3.8) is 0 Å². The van der Waals surface area contributed by atoms with E-state index in [4.69, 9.17) is 10.4 Å². The fourth-order valence-corrected chi connectivity index (χ4v) is 1.51. The summed E-state index contributed by atoms with van der Waals surface area (Å²) in [5.74, 6) is -1.43. The minimum Gasteiger partial charge on any atom is -0.478 e. The van der Waals surface area contributed by atoms with Gasteiger partial charge in [0.1, 0.15) is 11.6 Å². The highest BCUT2D eigenvalue weighted by atomic mass is 16.4. The molecule has 5 nitrogen and oxygen atoms in total. The number of nitrogens with zero attached hydrogens (tertiary/aromatic N) is 1. The van der Waals surface area contributed by atoms with Crippen LogP contribution in [0.15, 0.2) is 29.8 Å². The monoisotopic (exact) mass is 272 g/mol. The number of benzene rings is 1. The van der Waals surface area contributed by atoms with Gasteiger partial charge in [-0.15, -0.1) is 0 Å². The smallest absolute Gasteiger partial charge is 0.335 e. The first-order chi connectivity index (χ1) is 9.58. The second-order valence-electron chi connectivity index (χ2n) is 4.21. The maximum Gasteiger partial charge on any atom is 0.335 e. The van der Waals surface area contributed by atoms with E-state index >= 15 is 0 Å². The Morgan fingerprint density at radius 2 is 2.00 bits per heavy atom. The molecular formula is C15H16N2O3. The Balaban J connectivity index is 2.81. The second kappa shape index (κ2) is 7.74. The number of unbranched alkanes of at least 4 members (excludes halogenated alkanes) is 1. The number of hydrogen-bond donors (Lipinski definition) is 2. The normalized spacial score (nSPS) is 10.7. The number of carboxylic acids is 1. The molecule has 0 saturated heterocycles. The van der Waals surface area contributed by atoms with E-state index in [1.54, 1.807) is 12.1 Å². The van der Waals surface area contributed by atoms with Gasteiger partial charge in [-0.2, -0.15) is 5.26 Å². The van der Waals surface area contributed by atoms with Crippen molar-refractivity contribution in [1.29, 1.82) is 5.26 Å². The van der Waals surface area contributed by atoms with E-state index in [9.17, 15) is 9.59 Å². The number of amides is 1. The Morgan fingerprint density at radius 3 is 2.50 bits per heavy atom. The number of nitrogens with one attached hydrogen (secondary N) is 1. The summed E-state index contributed by atoms with van der Waals surface area (Å²) < 4.78 is 0. The largest absolute Gasteiger partial charge is 0.478 e. The van der Waals surface area contributed by atoms with Crippen LogP contribution in [0.2, 0.25) is 0 Å². The van der Waals surface area contributed by atoms with Crippen LogP contribution in [0.1, 0.15) is 35.7 Å². The summed E-state index contributed by atoms with van der Waals surface area (Å²) in [6, 6.07) is 7.82. The van der Waals surface area contributed by atoms with Crippen LogP contribution in [0.4, 0.5) is 0 Å². The standard InChI is InChI=1S/C15H16N2O3/c1-2-3-8-17-14(18)13(10-16)9-11-4-6-12(7-5-11)15(19)20/h4-7,9H,2-3,8H2,1H3,(H,17,18)(H,19,20)/b13-9-. The Labute approximate surface area is 117 Å². The minimum absolute atomic E-state index is 0.00387. The van der Waals surface area contributed by atoms with E-state index in [1.165, 1.54) is 18.2 Å². The molecule has 1 aromatic rings. The van der Waals surface area contributed by atoms with Gasteiger partial charge < -0.3 is 10.4 Å². The molecule has 0 atom stereocenters. The molecule has 0 saturated carbocycles. The number of nitriles is 1. The first-order valence-electron chi connectivity index (χ1n) is 6.31. The van der Waals surface area contributed by atoms with Gasteiger partial charge in [0.05, 0.1) is 5.56 Å². The van der Waals surface area contributed by atoms with Crippen LogP contribution in [-0.4, -0.2) is 23.5 Å². The summed E-state index contributed by atoms with van der Waals surface area (Å²) >= 11 is 0. The van der Waals surface area contributed by atoms with Crippen LogP contribution in [0.3, 0.4) is 0 Å². The number of aromatic carboxylic acids is 1. The summed E-state index contributed by atoms with van der Waals surface area (Å²) in [6.45, 7) is 2.55. The van der Waals surface area contributed by atoms with Gasteiger partial charge >= 0.3 is 5.97 Å². The molecule has 5 heteroatoms. The Hall–Kier alpha value is -2.61. The highest BCUT2D eigenvalue weighted by Gasteiger charge is 2.08. The molecule has 104 valence electrons. The Morgan fingerprint density at radius 1 is 1.35 bits per heavy atom. The molecule has 0 heterocycles. The van der Waals surface area contributed by atoms with Crippen LogP contribution in [0.25, 0.3) is 6.08 Å². The summed E-state index contributed by atoms with van der Waals surface area (Å²) in [5.41, 5.74) is 0.773. The van der Waals surface area contributed by atoms with Crippen LogP contribution in [-0.2, 0) is 4.79 Å². The van der Waals surface area contributed by atoms with Gasteiger partial charge in [0.25, 0.3) is 5.91 Å². The van der Waals surface area contributed by atoms with Gasteiger partial charge in [-0.25, -0.2) is 4.79 Å². The lowest BCUT2D eigenvalue weighted by Gasteiger charge is -2.03. The van der Waals surface area contributed by atoms with Crippen LogP contribution < -0.4 is 5.32 Å². The molecule has 0 spiro atoms. The first-order valence-corrected chi connectivity index (χ1v) is 6.31. The highest BCUT2D eigenvalue weighted by Crippen LogP contribution is 2.09. The third-order valence-electron chi connectivity index (χ3n) is 2.65. The van der Waals surface area contributed by atoms with Gasteiger partial charge in [0, 0.05) is 6.54 Å². The summed E-state index contributed by atoms with van der Waals surface area (Å²) in [5, 5.41) is 20.4. The third kappa shape index (κ3) is 4.58. The van der Waals surface area contributed by atoms with Crippen molar-refractivity contribution >= 4 is 18.0 Å². The molecule has 0 unspecified atom stereocenters. The molecule has 1 amide bonds. The minimum atomic E-state index is -1.02. The van der Waals surface area contributed by atoms with Crippen LogP contribution in [0.5, 0.6) is 0 Å². The lowest BCUT2D eigenvalue weighted by molar-refractivity contribution is -0.117. The maximum atomic E-state index is 11.7. The van der Waals surface area contributed by atoms with Crippen LogP contribution in [0, 0.1) is 11.3 Å². The van der Waals surface area contributed by atoms with Gasteiger partial charge in [0.15, 0.2) is 0 Å². The molecule has 0 aliphatic carbocycles. The maximum absolute atomic E-state index is 11.7. The molecule has 2 N–H and O–H groups in total. The fourth-order valence-electron chi connectivity index (χ4n) is 1.51. The highest BCUT2D eigenvalue weighted by molar-refractivity contribution is 6.01. The molecule has 1 aromatic carbocycles. The first kappa shape index (κ1) is 15.4. The topological polar surface area (TPSA) is 90.2 Å². The third-order valence-corrected chi connectivity index (χ3v) is 2.65. The lowest BCUT2D eigenvalue weighted by Crippen LogP contribution is -2.25. The predicted molar refractivity (Wildman–Crippen MR) is 74.9 cm³/mol. The lowest BCUT2D eigenvalue weighted by atomic mass is 10.1. The summed E-state index contributed by atoms with van der Waals surface area (Å²) in [7, 11) is 0. The van der Waals surface area contributed by atoms with Crippen molar-refractivity contribution in [2.45, 2.75) is 19.8 Å². The predicted octanol–water partition coefficient (Wildman–Crippen LogP) is 2.21. The molecule has 0 aliphatic heterocycles. The van der Waals surface area contributed by atoms with Gasteiger partial charge in [-0.3, -0.25) is 4.79 Å². The quantitative estimate of drug-likeness (QED) is 0.472. The number of rotatable bonds is 6. The summed E-state index contributed by atoms with van der Waals surface area (Å²) in [6.07, 6.45) is 3.26. The van der Waals surface area contributed by atoms with Crippen molar-refractivity contribution in [3.05, 3.63) is 41.0 Å². The molecular weight excluding hydrogens is 256 g/mol. The van der Waals surface area contributed by atoms with Gasteiger partial charge in [-0.1, -0.05) is 25.5 Å². The van der Waals surface area contributed by atoms with Crippen molar-refractivity contribution in [3.8, 4) is 6.07 Å². The Bertz CT molecular complexity index is 553. The number of carbonyl (C=O) groups is 2. The zero-order valence-corrected chi connectivity index (χ0v) is 11.2. The van der Waals surface area contributed by atoms with Crippen molar-refractivity contribution in [1.82, 2.24) is 5.32 Å². The average molecular weight is 272 g/mol. The van der Waals surface area contributed by atoms with Crippen molar-refractivity contribution < 1.29 is 14.7 Å². The van der Waals surface area contributed by atoms with E-state index in [1.807, 2.05) is 13.0 Å². The zero-order chi connectivity index (χ0) is 15.0. The number of hydrogen-bond acceptors (Lipinski definition) is 3. The van der Waals surface area contributed by atoms with E-state index in [0.717, 1.165) is 12.8 Å². The molecule has 0 bridgehead atoms. The molecule has 1 rings (SSSR count). The second-order valence-corrected chi connectivity index (χ2v) is 4.21. The van der Waals surface area contributed by atoms with Crippen LogP contribution >= 0.6 is 0 Å². The molecule has 0 radical (unpaired) electrons. The van der Waals surface area contributed by atoms with E-state index < -0.39 is 11.9 Å². The average Bonchev–Trinajstić information content (AvgIpc) is 2.45. The van der Waals surface area contributed by atoms with Crippen molar-refractivity contribution in [2.24, 2.45) is 0 Å². The van der Waals surface area contributed by atoms with Gasteiger partial charge in [0.2, 0.25) is 0 Å². The van der Waals surface area contributed by atoms with E-state index in [0.29, 0.717) is 12.1 Å². The molecule has 20 heavy (non-hydrogen) atoms. The molecule has 0 aliphatic rings. The van der Waals surface area contributed by atoms with E-state index in [2.05, 4.69) is 5.32 Å². The summed E-state index contributed by atoms with van der Waals surface area (Å²) in [4.78, 5) is 22.4. The van der Waals surface area contributed by atoms with Crippen molar-refractivity contribution in [2.75, 3.05) is 6.54 Å². The fraction of sp³-hybridized carbons (Fsp3) is 0.267. The molecule has 0 aromatic heterocycles. The Kier molecular flexibility index (Phi) is 5.98. The zero-order valence-electron chi connectivity index (χ0n) is 11.2. The van der Waals surface area contributed by atoms with Gasteiger partial charge in [-0.05, 0) is 30.2 Å². The van der Waals surface area contributed by atoms with E-state index in [-0.39, 0.29) is 11.1 Å².